The molecule has 6 nitrogen and oxygen atoms in total. The summed E-state index contributed by atoms with van der Waals surface area (Å²) in [6.45, 7) is 0.562. The quantitative estimate of drug-likeness (QED) is 0.428. The Balaban J connectivity index is 1.44. The summed E-state index contributed by atoms with van der Waals surface area (Å²) in [5.41, 5.74) is 1.87. The van der Waals surface area contributed by atoms with Gasteiger partial charge in [0.25, 0.3) is 5.56 Å². The molecule has 1 aliphatic carbocycles. The van der Waals surface area contributed by atoms with Gasteiger partial charge in [-0.05, 0) is 25.0 Å². The molecule has 1 aromatic heterocycles. The fourth-order valence-corrected chi connectivity index (χ4v) is 4.52. The average Bonchev–Trinajstić information content (AvgIpc) is 3.58. The van der Waals surface area contributed by atoms with Crippen LogP contribution in [0.4, 0.5) is 0 Å². The van der Waals surface area contributed by atoms with E-state index in [1.807, 2.05) is 42.5 Å². The molecule has 1 atom stereocenters. The standard InChI is InChI=1S/C23H26N4O2S/c1-26(2)20(16-8-4-3-5-9-16)14-24-21(28)15-30-23-25-19-11-7-6-10-18(19)22(29)27(23)17-12-13-17/h3-11,17,20H,12-15H2,1-2H3,(H,24,28)/p+1/t20-/m0/s1. The van der Waals surface area contributed by atoms with Crippen molar-refractivity contribution in [3.8, 4) is 0 Å². The Morgan fingerprint density at radius 1 is 1.17 bits per heavy atom. The van der Waals surface area contributed by atoms with Gasteiger partial charge >= 0.3 is 0 Å². The predicted molar refractivity (Wildman–Crippen MR) is 120 cm³/mol. The molecule has 1 fully saturated rings. The molecule has 2 aromatic carbocycles. The smallest absolute Gasteiger partial charge is 0.262 e. The number of thioether (sulfide) groups is 1. The van der Waals surface area contributed by atoms with E-state index in [0.29, 0.717) is 22.6 Å². The lowest BCUT2D eigenvalue weighted by atomic mass is 10.1. The van der Waals surface area contributed by atoms with Gasteiger partial charge in [-0.1, -0.05) is 54.2 Å². The highest BCUT2D eigenvalue weighted by atomic mass is 32.2. The van der Waals surface area contributed by atoms with Crippen molar-refractivity contribution >= 4 is 28.6 Å². The average molecular weight is 424 g/mol. The summed E-state index contributed by atoms with van der Waals surface area (Å²) in [6, 6.07) is 18.0. The summed E-state index contributed by atoms with van der Waals surface area (Å²) >= 11 is 1.34. The number of benzene rings is 2. The maximum Gasteiger partial charge on any atom is 0.262 e. The third-order valence-corrected chi connectivity index (χ3v) is 6.37. The van der Waals surface area contributed by atoms with Crippen molar-refractivity contribution in [1.29, 1.82) is 0 Å². The molecule has 1 saturated carbocycles. The molecular weight excluding hydrogens is 396 g/mol. The Morgan fingerprint density at radius 3 is 2.57 bits per heavy atom. The minimum absolute atomic E-state index is 0.00800. The van der Waals surface area contributed by atoms with Crippen molar-refractivity contribution in [3.63, 3.8) is 0 Å². The number of quaternary nitrogens is 1. The molecule has 156 valence electrons. The van der Waals surface area contributed by atoms with E-state index in [0.717, 1.165) is 12.8 Å². The molecule has 0 bridgehead atoms. The highest BCUT2D eigenvalue weighted by Crippen LogP contribution is 2.36. The van der Waals surface area contributed by atoms with E-state index in [9.17, 15) is 9.59 Å². The molecule has 1 amide bonds. The molecule has 0 radical (unpaired) electrons. The van der Waals surface area contributed by atoms with Gasteiger partial charge in [0, 0.05) is 11.6 Å². The molecule has 2 N–H and O–H groups in total. The molecule has 1 heterocycles. The van der Waals surface area contributed by atoms with Crippen LogP contribution in [0.5, 0.6) is 0 Å². The number of nitrogens with one attached hydrogen (secondary N) is 2. The predicted octanol–water partition coefficient (Wildman–Crippen LogP) is 1.83. The van der Waals surface area contributed by atoms with Crippen LogP contribution in [0.25, 0.3) is 10.9 Å². The van der Waals surface area contributed by atoms with Crippen LogP contribution >= 0.6 is 11.8 Å². The van der Waals surface area contributed by atoms with Gasteiger partial charge in [-0.15, -0.1) is 0 Å². The van der Waals surface area contributed by atoms with E-state index in [4.69, 9.17) is 0 Å². The van der Waals surface area contributed by atoms with Crippen LogP contribution in [-0.2, 0) is 4.79 Å². The van der Waals surface area contributed by atoms with Crippen LogP contribution in [0, 0.1) is 0 Å². The fourth-order valence-electron chi connectivity index (χ4n) is 3.62. The van der Waals surface area contributed by atoms with E-state index in [1.54, 1.807) is 4.57 Å². The maximum atomic E-state index is 12.9. The van der Waals surface area contributed by atoms with Gasteiger partial charge in [0.1, 0.15) is 6.04 Å². The lowest BCUT2D eigenvalue weighted by Gasteiger charge is -2.22. The molecular formula is C23H27N4O2S+. The van der Waals surface area contributed by atoms with Gasteiger partial charge in [0.05, 0.1) is 37.3 Å². The lowest BCUT2D eigenvalue weighted by molar-refractivity contribution is -0.890. The molecule has 4 rings (SSSR count). The zero-order chi connectivity index (χ0) is 21.1. The second-order valence-electron chi connectivity index (χ2n) is 7.95. The van der Waals surface area contributed by atoms with Crippen LogP contribution in [0.15, 0.2) is 64.5 Å². The molecule has 1 aliphatic rings. The lowest BCUT2D eigenvalue weighted by Crippen LogP contribution is -3.07. The SMILES string of the molecule is C[NH+](C)[C@@H](CNC(=O)CSc1nc2ccccc2c(=O)n1C1CC1)c1ccccc1. The van der Waals surface area contributed by atoms with Crippen LogP contribution in [-0.4, -0.2) is 41.9 Å². The third kappa shape index (κ3) is 4.57. The van der Waals surface area contributed by atoms with Gasteiger partial charge in [0.15, 0.2) is 5.16 Å². The van der Waals surface area contributed by atoms with E-state index >= 15 is 0 Å². The topological polar surface area (TPSA) is 68.4 Å². The van der Waals surface area contributed by atoms with Crippen LogP contribution in [0.2, 0.25) is 0 Å². The first-order valence-corrected chi connectivity index (χ1v) is 11.3. The number of carbonyl (C=O) groups is 1. The first-order chi connectivity index (χ1) is 14.5. The monoisotopic (exact) mass is 423 g/mol. The second-order valence-corrected chi connectivity index (χ2v) is 8.89. The minimum Gasteiger partial charge on any atom is -0.349 e. The molecule has 0 unspecified atom stereocenters. The Bertz CT molecular complexity index is 1090. The minimum atomic E-state index is -0.0491. The first-order valence-electron chi connectivity index (χ1n) is 10.3. The summed E-state index contributed by atoms with van der Waals surface area (Å²) in [5, 5.41) is 4.32. The Kier molecular flexibility index (Phi) is 6.20. The van der Waals surface area contributed by atoms with Gasteiger partial charge in [-0.2, -0.15) is 0 Å². The number of fused-ring (bicyclic) bond motifs is 1. The highest BCUT2D eigenvalue weighted by molar-refractivity contribution is 7.99. The number of aromatic nitrogens is 2. The van der Waals surface area contributed by atoms with E-state index < -0.39 is 0 Å². The number of nitrogens with zero attached hydrogens (tertiary/aromatic N) is 2. The number of amides is 1. The zero-order valence-electron chi connectivity index (χ0n) is 17.3. The molecule has 0 aliphatic heterocycles. The molecule has 0 saturated heterocycles. The van der Waals surface area contributed by atoms with Gasteiger partial charge in [-0.3, -0.25) is 14.2 Å². The number of rotatable bonds is 8. The normalized spacial score (nSPS) is 14.8. The summed E-state index contributed by atoms with van der Waals surface area (Å²) in [5.74, 6) is 0.189. The Morgan fingerprint density at radius 2 is 1.87 bits per heavy atom. The summed E-state index contributed by atoms with van der Waals surface area (Å²) in [7, 11) is 4.18. The van der Waals surface area contributed by atoms with Crippen molar-refractivity contribution in [2.45, 2.75) is 30.1 Å². The van der Waals surface area contributed by atoms with Crippen molar-refractivity contribution in [2.75, 3.05) is 26.4 Å². The number of hydrogen-bond donors (Lipinski definition) is 2. The zero-order valence-corrected chi connectivity index (χ0v) is 18.1. The fraction of sp³-hybridized carbons (Fsp3) is 0.348. The summed E-state index contributed by atoms with van der Waals surface area (Å²) < 4.78 is 1.77. The van der Waals surface area contributed by atoms with Gasteiger partial charge < -0.3 is 10.2 Å². The Hall–Kier alpha value is -2.64. The molecule has 3 aromatic rings. The van der Waals surface area contributed by atoms with E-state index in [2.05, 4.69) is 36.5 Å². The van der Waals surface area contributed by atoms with Crippen molar-refractivity contribution in [1.82, 2.24) is 14.9 Å². The van der Waals surface area contributed by atoms with E-state index in [1.165, 1.54) is 22.2 Å². The van der Waals surface area contributed by atoms with Crippen molar-refractivity contribution in [2.24, 2.45) is 0 Å². The highest BCUT2D eigenvalue weighted by Gasteiger charge is 2.29. The first kappa shape index (κ1) is 20.6. The largest absolute Gasteiger partial charge is 0.349 e. The third-order valence-electron chi connectivity index (χ3n) is 5.42. The summed E-state index contributed by atoms with van der Waals surface area (Å²) in [6.07, 6.45) is 1.98. The molecule has 0 spiro atoms. The van der Waals surface area contributed by atoms with Crippen LogP contribution in [0.3, 0.4) is 0 Å². The second kappa shape index (κ2) is 9.02. The number of para-hydroxylation sites is 1. The molecule has 7 heteroatoms. The van der Waals surface area contributed by atoms with Crippen molar-refractivity contribution < 1.29 is 9.69 Å². The van der Waals surface area contributed by atoms with Crippen LogP contribution < -0.4 is 15.8 Å². The van der Waals surface area contributed by atoms with E-state index in [-0.39, 0.29) is 29.3 Å². The van der Waals surface area contributed by atoms with Gasteiger partial charge in [-0.25, -0.2) is 4.98 Å². The maximum absolute atomic E-state index is 12.9. The van der Waals surface area contributed by atoms with Gasteiger partial charge in [0.2, 0.25) is 5.91 Å². The molecule has 30 heavy (non-hydrogen) atoms. The van der Waals surface area contributed by atoms with Crippen LogP contribution in [0.1, 0.15) is 30.5 Å². The Labute approximate surface area is 180 Å². The number of hydrogen-bond acceptors (Lipinski definition) is 4. The number of carbonyl (C=O) groups excluding carboxylic acids is 1. The summed E-state index contributed by atoms with van der Waals surface area (Å²) in [4.78, 5) is 31.4. The van der Waals surface area contributed by atoms with Crippen molar-refractivity contribution in [3.05, 3.63) is 70.5 Å². The number of likely N-dealkylation sites (N-methyl/N-ethyl adjacent to an activating group) is 1.